The van der Waals surface area contributed by atoms with Gasteiger partial charge in [-0.3, -0.25) is 14.4 Å². The molecule has 0 bridgehead atoms. The predicted molar refractivity (Wildman–Crippen MR) is 118 cm³/mol. The zero-order valence-electron chi connectivity index (χ0n) is 19.9. The van der Waals surface area contributed by atoms with Crippen molar-refractivity contribution in [3.8, 4) is 0 Å². The number of allylic oxidation sites excluding steroid dienone is 4. The molecule has 0 saturated heterocycles. The minimum absolute atomic E-state index is 0.0427. The monoisotopic (exact) mass is 462 g/mol. The smallest absolute Gasteiger partial charge is 0.306 e. The summed E-state index contributed by atoms with van der Waals surface area (Å²) in [4.78, 5) is 37.9. The van der Waals surface area contributed by atoms with Crippen LogP contribution in [0.25, 0.3) is 0 Å². The minimum atomic E-state index is -1.51. The Labute approximate surface area is 194 Å². The fourth-order valence-electron chi connectivity index (χ4n) is 8.15. The van der Waals surface area contributed by atoms with Crippen LogP contribution in [0.4, 0.5) is 4.39 Å². The fourth-order valence-corrected chi connectivity index (χ4v) is 8.15. The van der Waals surface area contributed by atoms with Crippen LogP contribution in [0.2, 0.25) is 0 Å². The largest absolute Gasteiger partial charge is 0.450 e. The quantitative estimate of drug-likeness (QED) is 0.607. The number of esters is 1. The van der Waals surface area contributed by atoms with E-state index < -0.39 is 52.5 Å². The highest BCUT2D eigenvalue weighted by Gasteiger charge is 2.72. The lowest BCUT2D eigenvalue weighted by atomic mass is 9.46. The van der Waals surface area contributed by atoms with Crippen LogP contribution in [-0.2, 0) is 19.1 Å². The number of fused-ring (bicyclic) bond motifs is 5. The Hall–Kier alpha value is -1.86. The summed E-state index contributed by atoms with van der Waals surface area (Å²) in [6.07, 6.45) is 4.66. The molecule has 3 fully saturated rings. The van der Waals surface area contributed by atoms with E-state index in [2.05, 4.69) is 0 Å². The van der Waals surface area contributed by atoms with Crippen LogP contribution < -0.4 is 0 Å². The second-order valence-electron chi connectivity index (χ2n) is 11.0. The minimum Gasteiger partial charge on any atom is -0.450 e. The van der Waals surface area contributed by atoms with Gasteiger partial charge in [0.25, 0.3) is 0 Å². The Morgan fingerprint density at radius 3 is 2.64 bits per heavy atom. The highest BCUT2D eigenvalue weighted by molar-refractivity contribution is 6.04. The van der Waals surface area contributed by atoms with Crippen molar-refractivity contribution in [2.45, 2.75) is 77.9 Å². The van der Waals surface area contributed by atoms with Crippen molar-refractivity contribution in [2.24, 2.45) is 34.5 Å². The normalized spacial score (nSPS) is 44.2. The number of hydrogen-bond donors (Lipinski definition) is 2. The van der Waals surface area contributed by atoms with Crippen molar-refractivity contribution in [2.75, 3.05) is 6.61 Å². The van der Waals surface area contributed by atoms with E-state index in [1.165, 1.54) is 6.08 Å². The molecule has 2 N–H and O–H groups in total. The standard InChI is InChI=1S/C26H35FO6/c1-5-6-21(32)33-26(20(31)13-28)14(2)11-17-15-7-8-16-23(27)18(29)9-10-24(16,3)22(15)19(30)12-25(17,26)4/h9-10,14-15,17,19,22,28,30H,5-8,11-13H2,1-4H3/t14-,15-,17-,19-,22+,24-,25-,26-/m0/s1. The highest BCUT2D eigenvalue weighted by Crippen LogP contribution is 2.69. The second kappa shape index (κ2) is 8.12. The molecule has 7 heteroatoms. The fraction of sp³-hybridized carbons (Fsp3) is 0.731. The van der Waals surface area contributed by atoms with Crippen molar-refractivity contribution in [1.29, 1.82) is 0 Å². The van der Waals surface area contributed by atoms with Crippen molar-refractivity contribution in [3.05, 3.63) is 23.6 Å². The molecular weight excluding hydrogens is 427 g/mol. The zero-order valence-corrected chi connectivity index (χ0v) is 19.9. The maximum atomic E-state index is 14.8. The van der Waals surface area contributed by atoms with E-state index in [0.717, 1.165) is 0 Å². The molecule has 0 heterocycles. The van der Waals surface area contributed by atoms with Crippen molar-refractivity contribution >= 4 is 17.5 Å². The third kappa shape index (κ3) is 3.14. The average Bonchev–Trinajstić information content (AvgIpc) is 2.97. The maximum absolute atomic E-state index is 14.8. The zero-order chi connectivity index (χ0) is 24.3. The number of hydrogen-bond acceptors (Lipinski definition) is 6. The van der Waals surface area contributed by atoms with E-state index in [0.29, 0.717) is 31.3 Å². The molecule has 0 aromatic rings. The number of rotatable bonds is 5. The Balaban J connectivity index is 1.79. The number of carbonyl (C=O) groups is 3. The molecule has 0 aliphatic heterocycles. The van der Waals surface area contributed by atoms with Crippen molar-refractivity contribution in [1.82, 2.24) is 0 Å². The van der Waals surface area contributed by atoms with Gasteiger partial charge >= 0.3 is 5.97 Å². The number of carbonyl (C=O) groups excluding carboxylic acids is 3. The summed E-state index contributed by atoms with van der Waals surface area (Å²) in [7, 11) is 0. The average molecular weight is 463 g/mol. The van der Waals surface area contributed by atoms with Gasteiger partial charge in [0.2, 0.25) is 11.6 Å². The van der Waals surface area contributed by atoms with E-state index in [-0.39, 0.29) is 36.5 Å². The molecule has 4 aliphatic carbocycles. The van der Waals surface area contributed by atoms with Crippen molar-refractivity contribution in [3.63, 3.8) is 0 Å². The molecule has 0 amide bonds. The number of aliphatic hydroxyl groups excluding tert-OH is 2. The Bertz CT molecular complexity index is 939. The molecule has 0 radical (unpaired) electrons. The topological polar surface area (TPSA) is 101 Å². The van der Waals surface area contributed by atoms with Gasteiger partial charge < -0.3 is 14.9 Å². The SMILES string of the molecule is CCCC(=O)O[C@]1(C(=O)CO)[C@@H](C)C[C@H]2[C@@H]3CCC4=C(F)C(=O)C=C[C@]4(C)[C@H]3[C@@H](O)C[C@@]21C. The first-order valence-corrected chi connectivity index (χ1v) is 12.1. The van der Waals surface area contributed by atoms with Gasteiger partial charge in [-0.15, -0.1) is 0 Å². The Kier molecular flexibility index (Phi) is 5.97. The molecule has 0 spiro atoms. The van der Waals surface area contributed by atoms with Gasteiger partial charge in [-0.05, 0) is 55.6 Å². The third-order valence-corrected chi connectivity index (χ3v) is 9.41. The first-order chi connectivity index (χ1) is 15.5. The summed E-state index contributed by atoms with van der Waals surface area (Å²) in [6, 6.07) is 0. The molecule has 0 aromatic carbocycles. The molecule has 4 rings (SSSR count). The maximum Gasteiger partial charge on any atom is 0.306 e. The third-order valence-electron chi connectivity index (χ3n) is 9.41. The van der Waals surface area contributed by atoms with Gasteiger partial charge in [0, 0.05) is 29.1 Å². The van der Waals surface area contributed by atoms with Gasteiger partial charge in [0.05, 0.1) is 6.10 Å². The summed E-state index contributed by atoms with van der Waals surface area (Å²) in [6.45, 7) is 6.79. The van der Waals surface area contributed by atoms with Crippen LogP contribution in [0.1, 0.15) is 66.2 Å². The summed E-state index contributed by atoms with van der Waals surface area (Å²) < 4.78 is 20.8. The lowest BCUT2D eigenvalue weighted by molar-refractivity contribution is -0.205. The first kappa shape index (κ1) is 24.3. The molecule has 3 saturated carbocycles. The number of ketones is 2. The molecule has 4 aliphatic rings. The van der Waals surface area contributed by atoms with Crippen molar-refractivity contribution < 1.29 is 33.7 Å². The molecule has 0 unspecified atom stereocenters. The van der Waals surface area contributed by atoms with E-state index in [1.54, 1.807) is 6.08 Å². The van der Waals surface area contributed by atoms with Crippen LogP contribution in [-0.4, -0.2) is 46.1 Å². The molecule has 6 nitrogen and oxygen atoms in total. The number of ether oxygens (including phenoxy) is 1. The molecule has 8 atom stereocenters. The highest BCUT2D eigenvalue weighted by atomic mass is 19.1. The van der Waals surface area contributed by atoms with Crippen LogP contribution in [0.3, 0.4) is 0 Å². The predicted octanol–water partition coefficient (Wildman–Crippen LogP) is 3.45. The second-order valence-corrected chi connectivity index (χ2v) is 11.0. The lowest BCUT2D eigenvalue weighted by Crippen LogP contribution is -2.64. The van der Waals surface area contributed by atoms with E-state index in [4.69, 9.17) is 4.74 Å². The molecule has 33 heavy (non-hydrogen) atoms. The molecule has 182 valence electrons. The number of aliphatic hydroxyl groups is 2. The van der Waals surface area contributed by atoms with Gasteiger partial charge in [-0.2, -0.15) is 0 Å². The lowest BCUT2D eigenvalue weighted by Gasteiger charge is -2.60. The Morgan fingerprint density at radius 2 is 2.00 bits per heavy atom. The van der Waals surface area contributed by atoms with E-state index in [1.807, 2.05) is 27.7 Å². The van der Waals surface area contributed by atoms with Crippen LogP contribution in [0.5, 0.6) is 0 Å². The summed E-state index contributed by atoms with van der Waals surface area (Å²) in [5.41, 5.74) is -2.70. The summed E-state index contributed by atoms with van der Waals surface area (Å²) in [5.74, 6) is -3.07. The van der Waals surface area contributed by atoms with Crippen LogP contribution in [0.15, 0.2) is 23.6 Å². The van der Waals surface area contributed by atoms with E-state index in [9.17, 15) is 29.0 Å². The molecule has 0 aromatic heterocycles. The number of halogens is 1. The van der Waals surface area contributed by atoms with Gasteiger partial charge in [0.1, 0.15) is 6.61 Å². The summed E-state index contributed by atoms with van der Waals surface area (Å²) >= 11 is 0. The van der Waals surface area contributed by atoms with Gasteiger partial charge in [0.15, 0.2) is 11.4 Å². The number of Topliss-reactive ketones (excluding diaryl/α,β-unsaturated/α-hetero) is 1. The van der Waals surface area contributed by atoms with Crippen LogP contribution >= 0.6 is 0 Å². The van der Waals surface area contributed by atoms with E-state index >= 15 is 0 Å². The van der Waals surface area contributed by atoms with Crippen LogP contribution in [0, 0.1) is 34.5 Å². The van der Waals surface area contributed by atoms with Gasteiger partial charge in [-0.25, -0.2) is 4.39 Å². The molecular formula is C26H35FO6. The first-order valence-electron chi connectivity index (χ1n) is 12.1. The Morgan fingerprint density at radius 1 is 1.30 bits per heavy atom. The summed E-state index contributed by atoms with van der Waals surface area (Å²) in [5, 5.41) is 21.4. The van der Waals surface area contributed by atoms with Gasteiger partial charge in [-0.1, -0.05) is 33.8 Å².